The van der Waals surface area contributed by atoms with E-state index in [0.29, 0.717) is 6.10 Å². The Bertz CT molecular complexity index is 548. The molecule has 6 heteroatoms. The highest BCUT2D eigenvalue weighted by molar-refractivity contribution is 5.79. The molecule has 1 atom stereocenters. The van der Waals surface area contributed by atoms with Crippen molar-refractivity contribution in [1.29, 1.82) is 0 Å². The molecule has 0 saturated heterocycles. The summed E-state index contributed by atoms with van der Waals surface area (Å²) in [6.45, 7) is 9.76. The highest BCUT2D eigenvalue weighted by Crippen LogP contribution is 2.30. The molecule has 1 aromatic rings. The van der Waals surface area contributed by atoms with Crippen molar-refractivity contribution in [2.75, 3.05) is 26.7 Å². The number of hydrogen-bond donors (Lipinski definition) is 2. The number of nitrogens with one attached hydrogen (secondary N) is 2. The lowest BCUT2D eigenvalue weighted by molar-refractivity contribution is 0.0169. The molecule has 26 heavy (non-hydrogen) atoms. The maximum Gasteiger partial charge on any atom is 0.190 e. The second-order valence-corrected chi connectivity index (χ2v) is 7.26. The summed E-state index contributed by atoms with van der Waals surface area (Å²) in [6, 6.07) is 2.12. The lowest BCUT2D eigenvalue weighted by Gasteiger charge is -2.24. The fourth-order valence-electron chi connectivity index (χ4n) is 3.89. The van der Waals surface area contributed by atoms with Crippen LogP contribution in [0.1, 0.15) is 56.8 Å². The average molecular weight is 364 g/mol. The molecule has 1 fully saturated rings. The van der Waals surface area contributed by atoms with Crippen LogP contribution < -0.4 is 10.6 Å². The third kappa shape index (κ3) is 6.63. The van der Waals surface area contributed by atoms with Gasteiger partial charge < -0.3 is 15.4 Å². The summed E-state index contributed by atoms with van der Waals surface area (Å²) in [5.74, 6) is 1.62. The molecule has 0 radical (unpaired) electrons. The lowest BCUT2D eigenvalue weighted by Crippen LogP contribution is -2.40. The SMILES string of the molecule is CCOC(CCNC(=NC)NCCCn1nc(C)cc1C)C1CCCC1. The number of guanidine groups is 1. The second kappa shape index (κ2) is 11.2. The average Bonchev–Trinajstić information content (AvgIpc) is 3.26. The Morgan fingerprint density at radius 1 is 1.31 bits per heavy atom. The first-order valence-corrected chi connectivity index (χ1v) is 10.2. The Hall–Kier alpha value is -1.56. The van der Waals surface area contributed by atoms with Gasteiger partial charge in [-0.25, -0.2) is 0 Å². The normalized spacial score (nSPS) is 16.8. The third-order valence-electron chi connectivity index (χ3n) is 5.19. The standard InChI is InChI=1S/C20H37N5O/c1-5-26-19(18-9-6-7-10-18)11-13-23-20(21-4)22-12-8-14-25-17(3)15-16(2)24-25/h15,18-19H,5-14H2,1-4H3,(H2,21,22,23). The van der Waals surface area contributed by atoms with Gasteiger partial charge in [0.15, 0.2) is 5.96 Å². The molecule has 0 bridgehead atoms. The number of aromatic nitrogens is 2. The van der Waals surface area contributed by atoms with E-state index in [2.05, 4.69) is 45.3 Å². The number of aryl methyl sites for hydroxylation is 3. The molecule has 6 nitrogen and oxygen atoms in total. The minimum Gasteiger partial charge on any atom is -0.378 e. The molecular formula is C20H37N5O. The van der Waals surface area contributed by atoms with Crippen molar-refractivity contribution >= 4 is 5.96 Å². The molecular weight excluding hydrogens is 326 g/mol. The van der Waals surface area contributed by atoms with E-state index in [9.17, 15) is 0 Å². The number of aliphatic imine (C=N–C) groups is 1. The van der Waals surface area contributed by atoms with Crippen LogP contribution in [0.2, 0.25) is 0 Å². The molecule has 0 aromatic carbocycles. The van der Waals surface area contributed by atoms with Crippen LogP contribution in [-0.2, 0) is 11.3 Å². The van der Waals surface area contributed by atoms with Gasteiger partial charge in [0.05, 0.1) is 11.8 Å². The van der Waals surface area contributed by atoms with Crippen LogP contribution in [0.15, 0.2) is 11.1 Å². The molecule has 148 valence electrons. The van der Waals surface area contributed by atoms with Crippen molar-refractivity contribution in [2.45, 2.75) is 71.9 Å². The quantitative estimate of drug-likeness (QED) is 0.381. The minimum absolute atomic E-state index is 0.388. The molecule has 1 saturated carbocycles. The first-order chi connectivity index (χ1) is 12.6. The van der Waals surface area contributed by atoms with Gasteiger partial charge in [0.25, 0.3) is 0 Å². The Labute approximate surface area is 158 Å². The van der Waals surface area contributed by atoms with Crippen molar-refractivity contribution in [1.82, 2.24) is 20.4 Å². The fourth-order valence-corrected chi connectivity index (χ4v) is 3.89. The Kier molecular flexibility index (Phi) is 8.95. The summed E-state index contributed by atoms with van der Waals surface area (Å²) >= 11 is 0. The zero-order valence-electron chi connectivity index (χ0n) is 17.1. The minimum atomic E-state index is 0.388. The van der Waals surface area contributed by atoms with Gasteiger partial charge in [-0.15, -0.1) is 0 Å². The van der Waals surface area contributed by atoms with Gasteiger partial charge in [0.1, 0.15) is 0 Å². The summed E-state index contributed by atoms with van der Waals surface area (Å²) in [4.78, 5) is 4.33. The second-order valence-electron chi connectivity index (χ2n) is 7.26. The van der Waals surface area contributed by atoms with Gasteiger partial charge in [0, 0.05) is 39.0 Å². The van der Waals surface area contributed by atoms with E-state index in [1.807, 2.05) is 14.0 Å². The summed E-state index contributed by atoms with van der Waals surface area (Å²) in [5, 5.41) is 11.3. The van der Waals surface area contributed by atoms with E-state index in [4.69, 9.17) is 4.74 Å². The van der Waals surface area contributed by atoms with E-state index in [1.54, 1.807) is 0 Å². The van der Waals surface area contributed by atoms with Crippen molar-refractivity contribution < 1.29 is 4.74 Å². The van der Waals surface area contributed by atoms with Gasteiger partial charge in [-0.3, -0.25) is 9.67 Å². The Morgan fingerprint density at radius 3 is 2.65 bits per heavy atom. The fraction of sp³-hybridized carbons (Fsp3) is 0.800. The largest absolute Gasteiger partial charge is 0.378 e. The molecule has 0 aliphatic heterocycles. The number of nitrogens with zero attached hydrogens (tertiary/aromatic N) is 3. The van der Waals surface area contributed by atoms with Crippen molar-refractivity contribution in [3.8, 4) is 0 Å². The molecule has 1 aliphatic rings. The van der Waals surface area contributed by atoms with Crippen LogP contribution in [0.3, 0.4) is 0 Å². The van der Waals surface area contributed by atoms with E-state index in [1.165, 1.54) is 31.4 Å². The Balaban J connectivity index is 1.64. The zero-order valence-corrected chi connectivity index (χ0v) is 17.1. The molecule has 1 unspecified atom stereocenters. The maximum atomic E-state index is 5.99. The van der Waals surface area contributed by atoms with Crippen LogP contribution in [0.25, 0.3) is 0 Å². The van der Waals surface area contributed by atoms with Gasteiger partial charge in [-0.2, -0.15) is 5.10 Å². The van der Waals surface area contributed by atoms with Crippen LogP contribution in [-0.4, -0.2) is 48.6 Å². The molecule has 1 aromatic heterocycles. The lowest BCUT2D eigenvalue weighted by atomic mass is 9.98. The van der Waals surface area contributed by atoms with Crippen molar-refractivity contribution in [2.24, 2.45) is 10.9 Å². The topological polar surface area (TPSA) is 63.5 Å². The third-order valence-corrected chi connectivity index (χ3v) is 5.19. The van der Waals surface area contributed by atoms with E-state index >= 15 is 0 Å². The molecule has 0 amide bonds. The van der Waals surface area contributed by atoms with E-state index in [0.717, 1.165) is 56.7 Å². The Morgan fingerprint density at radius 2 is 2.04 bits per heavy atom. The van der Waals surface area contributed by atoms with Gasteiger partial charge in [-0.05, 0) is 58.4 Å². The number of hydrogen-bond acceptors (Lipinski definition) is 3. The predicted octanol–water partition coefficient (Wildman–Crippen LogP) is 3.04. The molecule has 1 aliphatic carbocycles. The highest BCUT2D eigenvalue weighted by Gasteiger charge is 2.25. The van der Waals surface area contributed by atoms with E-state index in [-0.39, 0.29) is 0 Å². The van der Waals surface area contributed by atoms with Crippen molar-refractivity contribution in [3.63, 3.8) is 0 Å². The summed E-state index contributed by atoms with van der Waals surface area (Å²) in [7, 11) is 1.83. The smallest absolute Gasteiger partial charge is 0.190 e. The number of rotatable bonds is 10. The van der Waals surface area contributed by atoms with Crippen LogP contribution in [0.5, 0.6) is 0 Å². The first kappa shape index (κ1) is 20.7. The van der Waals surface area contributed by atoms with Crippen LogP contribution in [0, 0.1) is 19.8 Å². The predicted molar refractivity (Wildman–Crippen MR) is 108 cm³/mol. The zero-order chi connectivity index (χ0) is 18.8. The summed E-state index contributed by atoms with van der Waals surface area (Å²) in [5.41, 5.74) is 2.30. The highest BCUT2D eigenvalue weighted by atomic mass is 16.5. The van der Waals surface area contributed by atoms with Gasteiger partial charge in [-0.1, -0.05) is 12.8 Å². The van der Waals surface area contributed by atoms with Gasteiger partial charge >= 0.3 is 0 Å². The number of ether oxygens (including phenoxy) is 1. The molecule has 2 rings (SSSR count). The van der Waals surface area contributed by atoms with Crippen molar-refractivity contribution in [3.05, 3.63) is 17.5 Å². The van der Waals surface area contributed by atoms with Gasteiger partial charge in [0.2, 0.25) is 0 Å². The monoisotopic (exact) mass is 363 g/mol. The first-order valence-electron chi connectivity index (χ1n) is 10.2. The van der Waals surface area contributed by atoms with Crippen LogP contribution >= 0.6 is 0 Å². The molecule has 1 heterocycles. The van der Waals surface area contributed by atoms with Crippen LogP contribution in [0.4, 0.5) is 0 Å². The molecule has 0 spiro atoms. The molecule has 2 N–H and O–H groups in total. The van der Waals surface area contributed by atoms with E-state index < -0.39 is 0 Å². The summed E-state index contributed by atoms with van der Waals surface area (Å²) in [6.07, 6.45) is 7.82. The summed E-state index contributed by atoms with van der Waals surface area (Å²) < 4.78 is 8.06. The maximum absolute atomic E-state index is 5.99.